The topological polar surface area (TPSA) is 23.5 Å². The second-order valence-electron chi connectivity index (χ2n) is 7.44. The number of nitrogens with zero attached hydrogens (tertiary/aromatic N) is 1. The first-order valence-electron chi connectivity index (χ1n) is 8.92. The van der Waals surface area contributed by atoms with Crippen molar-refractivity contribution in [3.05, 3.63) is 41.5 Å². The minimum atomic E-state index is 0. The van der Waals surface area contributed by atoms with Gasteiger partial charge in [0.25, 0.3) is 0 Å². The van der Waals surface area contributed by atoms with E-state index in [4.69, 9.17) is 0 Å². The van der Waals surface area contributed by atoms with Crippen LogP contribution in [0.25, 0.3) is 0 Å². The molecule has 4 rings (SSSR count). The zero-order valence-corrected chi connectivity index (χ0v) is 15.7. The third kappa shape index (κ3) is 2.66. The Balaban J connectivity index is 0.00000156. The molecule has 3 atom stereocenters. The molecule has 1 saturated carbocycles. The van der Waals surface area contributed by atoms with Gasteiger partial charge in [0.2, 0.25) is 0 Å². The standard InChI is InChI=1S/C20H27NO.BrH/c1-2-3-11-21-12-10-20-9-5-4-6-17(20)19(21)13-15-7-8-16(22)14-18(15)20;/h2-3,7-8,14,17,19,22H,4-6,9-13H2,1H3;1H/b3-2+;/t17-,19-,20+;/m0./s1. The van der Waals surface area contributed by atoms with E-state index in [1.54, 1.807) is 0 Å². The average Bonchev–Trinajstić information content (AvgIpc) is 2.55. The van der Waals surface area contributed by atoms with Crippen LogP contribution in [0.2, 0.25) is 0 Å². The molecule has 23 heavy (non-hydrogen) atoms. The summed E-state index contributed by atoms with van der Waals surface area (Å²) in [4.78, 5) is 2.71. The van der Waals surface area contributed by atoms with Crippen LogP contribution in [0, 0.1) is 5.92 Å². The molecule has 0 radical (unpaired) electrons. The third-order valence-corrected chi connectivity index (χ3v) is 6.51. The molecular formula is C20H28BrNO. The van der Waals surface area contributed by atoms with Gasteiger partial charge in [0, 0.05) is 18.0 Å². The molecule has 2 nitrogen and oxygen atoms in total. The second kappa shape index (κ2) is 6.60. The monoisotopic (exact) mass is 377 g/mol. The average molecular weight is 378 g/mol. The maximum atomic E-state index is 10.0. The number of fused-ring (bicyclic) bond motifs is 1. The Bertz CT molecular complexity index is 599. The molecule has 2 fully saturated rings. The van der Waals surface area contributed by atoms with Crippen molar-refractivity contribution in [2.45, 2.75) is 56.9 Å². The number of phenolic OH excluding ortho intramolecular Hbond substituents is 1. The summed E-state index contributed by atoms with van der Waals surface area (Å²) in [5.74, 6) is 1.24. The van der Waals surface area contributed by atoms with E-state index >= 15 is 0 Å². The van der Waals surface area contributed by atoms with Crippen LogP contribution >= 0.6 is 17.0 Å². The molecule has 1 aliphatic heterocycles. The van der Waals surface area contributed by atoms with Gasteiger partial charge in [-0.05, 0) is 68.3 Å². The van der Waals surface area contributed by atoms with Crippen molar-refractivity contribution in [3.8, 4) is 5.75 Å². The first-order valence-corrected chi connectivity index (χ1v) is 8.92. The highest BCUT2D eigenvalue weighted by molar-refractivity contribution is 8.93. The van der Waals surface area contributed by atoms with E-state index in [1.807, 2.05) is 6.07 Å². The Morgan fingerprint density at radius 2 is 2.17 bits per heavy atom. The molecule has 0 aromatic heterocycles. The molecule has 0 amide bonds. The minimum absolute atomic E-state index is 0. The van der Waals surface area contributed by atoms with Crippen molar-refractivity contribution >= 4 is 17.0 Å². The number of aromatic hydroxyl groups is 1. The molecular weight excluding hydrogens is 350 g/mol. The number of hydrogen-bond donors (Lipinski definition) is 1. The maximum absolute atomic E-state index is 10.0. The molecule has 1 heterocycles. The molecule has 1 N–H and O–H groups in total. The zero-order valence-electron chi connectivity index (χ0n) is 14.0. The van der Waals surface area contributed by atoms with Crippen LogP contribution in [-0.4, -0.2) is 29.1 Å². The normalized spacial score (nSPS) is 32.9. The van der Waals surface area contributed by atoms with Gasteiger partial charge in [0.05, 0.1) is 0 Å². The molecule has 2 aliphatic carbocycles. The van der Waals surface area contributed by atoms with Crippen LogP contribution in [0.4, 0.5) is 0 Å². The number of hydrogen-bond acceptors (Lipinski definition) is 2. The second-order valence-corrected chi connectivity index (χ2v) is 7.44. The highest BCUT2D eigenvalue weighted by Gasteiger charge is 2.53. The van der Waals surface area contributed by atoms with E-state index in [0.717, 1.165) is 12.5 Å². The molecule has 0 spiro atoms. The lowest BCUT2D eigenvalue weighted by Crippen LogP contribution is -2.60. The molecule has 1 aromatic rings. The molecule has 126 valence electrons. The highest BCUT2D eigenvalue weighted by atomic mass is 79.9. The largest absolute Gasteiger partial charge is 0.508 e. The summed E-state index contributed by atoms with van der Waals surface area (Å²) in [7, 11) is 0. The Morgan fingerprint density at radius 1 is 1.30 bits per heavy atom. The lowest BCUT2D eigenvalue weighted by Gasteiger charge is -2.59. The van der Waals surface area contributed by atoms with Crippen LogP contribution in [-0.2, 0) is 11.8 Å². The molecule has 2 bridgehead atoms. The summed E-state index contributed by atoms with van der Waals surface area (Å²) < 4.78 is 0. The van der Waals surface area contributed by atoms with Crippen molar-refractivity contribution in [1.29, 1.82) is 0 Å². The quantitative estimate of drug-likeness (QED) is 0.760. The first kappa shape index (κ1) is 17.0. The van der Waals surface area contributed by atoms with Crippen molar-refractivity contribution in [3.63, 3.8) is 0 Å². The van der Waals surface area contributed by atoms with E-state index in [1.165, 1.54) is 56.2 Å². The van der Waals surface area contributed by atoms with Gasteiger partial charge < -0.3 is 5.11 Å². The Hall–Kier alpha value is -0.800. The van der Waals surface area contributed by atoms with Gasteiger partial charge in [-0.15, -0.1) is 17.0 Å². The third-order valence-electron chi connectivity index (χ3n) is 6.51. The molecule has 1 saturated heterocycles. The molecule has 3 heteroatoms. The fourth-order valence-electron chi connectivity index (χ4n) is 5.54. The van der Waals surface area contributed by atoms with Gasteiger partial charge in [-0.2, -0.15) is 0 Å². The predicted molar refractivity (Wildman–Crippen MR) is 101 cm³/mol. The summed E-state index contributed by atoms with van der Waals surface area (Å²) in [5.41, 5.74) is 3.33. The van der Waals surface area contributed by atoms with Gasteiger partial charge >= 0.3 is 0 Å². The zero-order chi connectivity index (χ0) is 15.2. The first-order chi connectivity index (χ1) is 10.7. The SMILES string of the molecule is Br.C/C=C/CN1CC[C@]23CCCC[C@H]2[C@@H]1Cc1ccc(O)cc13. The fourth-order valence-corrected chi connectivity index (χ4v) is 5.54. The van der Waals surface area contributed by atoms with Crippen molar-refractivity contribution < 1.29 is 5.11 Å². The van der Waals surface area contributed by atoms with E-state index in [2.05, 4.69) is 36.1 Å². The maximum Gasteiger partial charge on any atom is 0.115 e. The Morgan fingerprint density at radius 3 is 3.00 bits per heavy atom. The van der Waals surface area contributed by atoms with Gasteiger partial charge in [-0.1, -0.05) is 31.1 Å². The molecule has 0 unspecified atom stereocenters. The van der Waals surface area contributed by atoms with Crippen molar-refractivity contribution in [1.82, 2.24) is 4.90 Å². The predicted octanol–water partition coefficient (Wildman–Crippen LogP) is 4.60. The smallest absolute Gasteiger partial charge is 0.115 e. The fraction of sp³-hybridized carbons (Fsp3) is 0.600. The summed E-state index contributed by atoms with van der Waals surface area (Å²) in [6, 6.07) is 6.85. The van der Waals surface area contributed by atoms with Crippen LogP contribution in [0.15, 0.2) is 30.4 Å². The number of likely N-dealkylation sites (tertiary alicyclic amines) is 1. The summed E-state index contributed by atoms with van der Waals surface area (Å²) in [5, 5.41) is 10.0. The molecule has 1 aromatic carbocycles. The number of benzene rings is 1. The van der Waals surface area contributed by atoms with E-state index in [9.17, 15) is 5.11 Å². The minimum Gasteiger partial charge on any atom is -0.508 e. The Kier molecular flexibility index (Phi) is 4.89. The summed E-state index contributed by atoms with van der Waals surface area (Å²) in [6.07, 6.45) is 12.3. The van der Waals surface area contributed by atoms with E-state index < -0.39 is 0 Å². The van der Waals surface area contributed by atoms with Gasteiger partial charge in [-0.25, -0.2) is 0 Å². The van der Waals surface area contributed by atoms with Crippen molar-refractivity contribution in [2.24, 2.45) is 5.92 Å². The van der Waals surface area contributed by atoms with Crippen molar-refractivity contribution in [2.75, 3.05) is 13.1 Å². The van der Waals surface area contributed by atoms with Crippen LogP contribution in [0.5, 0.6) is 5.75 Å². The number of rotatable bonds is 2. The number of piperidine rings is 1. The summed E-state index contributed by atoms with van der Waals surface area (Å²) >= 11 is 0. The lowest BCUT2D eigenvalue weighted by molar-refractivity contribution is -0.00522. The number of halogens is 1. The highest BCUT2D eigenvalue weighted by Crippen LogP contribution is 2.56. The van der Waals surface area contributed by atoms with Gasteiger partial charge in [-0.3, -0.25) is 4.90 Å². The van der Waals surface area contributed by atoms with Gasteiger partial charge in [0.15, 0.2) is 0 Å². The van der Waals surface area contributed by atoms with E-state index in [0.29, 0.717) is 17.2 Å². The number of allylic oxidation sites excluding steroid dienone is 1. The van der Waals surface area contributed by atoms with Crippen LogP contribution in [0.3, 0.4) is 0 Å². The lowest BCUT2D eigenvalue weighted by atomic mass is 9.52. The van der Waals surface area contributed by atoms with E-state index in [-0.39, 0.29) is 17.0 Å². The molecule has 3 aliphatic rings. The summed E-state index contributed by atoms with van der Waals surface area (Å²) in [6.45, 7) is 4.43. The number of phenols is 1. The van der Waals surface area contributed by atoms with Crippen LogP contribution < -0.4 is 0 Å². The Labute approximate surface area is 150 Å². The van der Waals surface area contributed by atoms with Crippen LogP contribution in [0.1, 0.15) is 50.2 Å². The van der Waals surface area contributed by atoms with Gasteiger partial charge in [0.1, 0.15) is 5.75 Å².